The lowest BCUT2D eigenvalue weighted by molar-refractivity contribution is -0.123. The SMILES string of the molecule is CC(=O)c1cccc(OCC(=O)NC[C@@H](CO)Cc2ccccc2)c1. The molecule has 0 aliphatic carbocycles. The van der Waals surface area contributed by atoms with Crippen molar-refractivity contribution in [3.8, 4) is 5.75 Å². The maximum atomic E-state index is 11.9. The number of ketones is 1. The van der Waals surface area contributed by atoms with Gasteiger partial charge < -0.3 is 15.2 Å². The van der Waals surface area contributed by atoms with E-state index < -0.39 is 0 Å². The normalized spacial score (nSPS) is 11.6. The summed E-state index contributed by atoms with van der Waals surface area (Å²) < 4.78 is 5.42. The van der Waals surface area contributed by atoms with Gasteiger partial charge in [-0.2, -0.15) is 0 Å². The van der Waals surface area contributed by atoms with Crippen LogP contribution in [0, 0.1) is 5.92 Å². The van der Waals surface area contributed by atoms with Crippen LogP contribution < -0.4 is 10.1 Å². The van der Waals surface area contributed by atoms with Crippen molar-refractivity contribution in [2.45, 2.75) is 13.3 Å². The molecule has 0 saturated heterocycles. The van der Waals surface area contributed by atoms with Crippen molar-refractivity contribution in [1.82, 2.24) is 5.32 Å². The molecule has 5 heteroatoms. The first-order chi connectivity index (χ1) is 12.1. The van der Waals surface area contributed by atoms with Crippen LogP contribution in [-0.2, 0) is 11.2 Å². The van der Waals surface area contributed by atoms with Crippen molar-refractivity contribution in [2.24, 2.45) is 5.92 Å². The molecule has 0 aliphatic rings. The molecule has 0 spiro atoms. The van der Waals surface area contributed by atoms with Gasteiger partial charge in [-0.15, -0.1) is 0 Å². The Labute approximate surface area is 147 Å². The number of carbonyl (C=O) groups excluding carboxylic acids is 2. The van der Waals surface area contributed by atoms with Crippen LogP contribution in [0.25, 0.3) is 0 Å². The highest BCUT2D eigenvalue weighted by atomic mass is 16.5. The molecule has 2 aromatic carbocycles. The zero-order valence-corrected chi connectivity index (χ0v) is 14.3. The number of Topliss-reactive ketones (excluding diaryl/α,β-unsaturated/α-hetero) is 1. The number of rotatable bonds is 9. The maximum Gasteiger partial charge on any atom is 0.257 e. The fraction of sp³-hybridized carbons (Fsp3) is 0.300. The lowest BCUT2D eigenvalue weighted by atomic mass is 10.0. The summed E-state index contributed by atoms with van der Waals surface area (Å²) in [6, 6.07) is 16.6. The van der Waals surface area contributed by atoms with Crippen molar-refractivity contribution >= 4 is 11.7 Å². The van der Waals surface area contributed by atoms with Gasteiger partial charge in [-0.3, -0.25) is 9.59 Å². The second kappa shape index (κ2) is 9.59. The summed E-state index contributed by atoms with van der Waals surface area (Å²) in [5.74, 6) is 0.111. The van der Waals surface area contributed by atoms with Crippen LogP contribution in [0.3, 0.4) is 0 Å². The molecule has 2 N–H and O–H groups in total. The molecular formula is C20H23NO4. The molecular weight excluding hydrogens is 318 g/mol. The minimum absolute atomic E-state index is 0.00329. The third-order valence-electron chi connectivity index (χ3n) is 3.82. The fourth-order valence-corrected chi connectivity index (χ4v) is 2.41. The summed E-state index contributed by atoms with van der Waals surface area (Å²) in [7, 11) is 0. The minimum Gasteiger partial charge on any atom is -0.484 e. The Morgan fingerprint density at radius 3 is 2.56 bits per heavy atom. The quantitative estimate of drug-likeness (QED) is 0.686. The molecule has 0 unspecified atom stereocenters. The molecule has 0 radical (unpaired) electrons. The smallest absolute Gasteiger partial charge is 0.257 e. The minimum atomic E-state index is -0.264. The molecule has 0 aliphatic heterocycles. The summed E-state index contributed by atoms with van der Waals surface area (Å²) >= 11 is 0. The summed E-state index contributed by atoms with van der Waals surface area (Å²) in [6.07, 6.45) is 0.694. The molecule has 25 heavy (non-hydrogen) atoms. The molecule has 1 amide bonds. The van der Waals surface area contributed by atoms with E-state index in [0.29, 0.717) is 24.3 Å². The topological polar surface area (TPSA) is 75.6 Å². The second-order valence-electron chi connectivity index (χ2n) is 5.92. The molecule has 0 saturated carbocycles. The molecule has 5 nitrogen and oxygen atoms in total. The summed E-state index contributed by atoms with van der Waals surface area (Å²) in [6.45, 7) is 1.72. The highest BCUT2D eigenvalue weighted by molar-refractivity contribution is 5.94. The first kappa shape index (κ1) is 18.7. The Bertz CT molecular complexity index is 700. The van der Waals surface area contributed by atoms with Gasteiger partial charge >= 0.3 is 0 Å². The van der Waals surface area contributed by atoms with E-state index in [1.165, 1.54) is 6.92 Å². The molecule has 1 atom stereocenters. The molecule has 2 rings (SSSR count). The third kappa shape index (κ3) is 6.39. The number of hydrogen-bond acceptors (Lipinski definition) is 4. The number of hydrogen-bond donors (Lipinski definition) is 2. The van der Waals surface area contributed by atoms with Gasteiger partial charge in [-0.1, -0.05) is 42.5 Å². The molecule has 132 valence electrons. The molecule has 0 bridgehead atoms. The summed E-state index contributed by atoms with van der Waals surface area (Å²) in [5, 5.41) is 12.2. The first-order valence-corrected chi connectivity index (χ1v) is 8.23. The molecule has 0 heterocycles. The fourth-order valence-electron chi connectivity index (χ4n) is 2.41. The van der Waals surface area contributed by atoms with Gasteiger partial charge in [0.05, 0.1) is 0 Å². The van der Waals surface area contributed by atoms with E-state index in [0.717, 1.165) is 5.56 Å². The monoisotopic (exact) mass is 341 g/mol. The van der Waals surface area contributed by atoms with Crippen LogP contribution in [0.5, 0.6) is 5.75 Å². The molecule has 2 aromatic rings. The molecule has 0 aromatic heterocycles. The van der Waals surface area contributed by atoms with E-state index >= 15 is 0 Å². The van der Waals surface area contributed by atoms with Crippen LogP contribution in [-0.4, -0.2) is 36.6 Å². The predicted octanol–water partition coefficient (Wildman–Crippen LogP) is 2.24. The maximum absolute atomic E-state index is 11.9. The van der Waals surface area contributed by atoms with Crippen molar-refractivity contribution in [3.05, 3.63) is 65.7 Å². The van der Waals surface area contributed by atoms with Gasteiger partial charge in [-0.25, -0.2) is 0 Å². The van der Waals surface area contributed by atoms with Gasteiger partial charge in [0.25, 0.3) is 5.91 Å². The predicted molar refractivity (Wildman–Crippen MR) is 95.7 cm³/mol. The summed E-state index contributed by atoms with van der Waals surface area (Å²) in [5.41, 5.74) is 1.66. The lowest BCUT2D eigenvalue weighted by Crippen LogP contribution is -2.35. The Morgan fingerprint density at radius 2 is 1.88 bits per heavy atom. The van der Waals surface area contributed by atoms with Crippen LogP contribution in [0.2, 0.25) is 0 Å². The largest absolute Gasteiger partial charge is 0.484 e. The number of aliphatic hydroxyl groups excluding tert-OH is 1. The van der Waals surface area contributed by atoms with Gasteiger partial charge in [0.2, 0.25) is 0 Å². The average Bonchev–Trinajstić information content (AvgIpc) is 2.64. The van der Waals surface area contributed by atoms with E-state index in [2.05, 4.69) is 5.32 Å². The highest BCUT2D eigenvalue weighted by Gasteiger charge is 2.11. The van der Waals surface area contributed by atoms with Crippen molar-refractivity contribution < 1.29 is 19.4 Å². The van der Waals surface area contributed by atoms with E-state index in [1.54, 1.807) is 24.3 Å². The van der Waals surface area contributed by atoms with Gasteiger partial charge in [0.1, 0.15) is 5.75 Å². The molecule has 0 fully saturated rings. The zero-order valence-electron chi connectivity index (χ0n) is 14.3. The summed E-state index contributed by atoms with van der Waals surface area (Å²) in [4.78, 5) is 23.3. The number of amides is 1. The number of nitrogens with one attached hydrogen (secondary N) is 1. The van der Waals surface area contributed by atoms with Crippen LogP contribution in [0.4, 0.5) is 0 Å². The van der Waals surface area contributed by atoms with Crippen molar-refractivity contribution in [1.29, 1.82) is 0 Å². The highest BCUT2D eigenvalue weighted by Crippen LogP contribution is 2.13. The van der Waals surface area contributed by atoms with E-state index in [9.17, 15) is 14.7 Å². The average molecular weight is 341 g/mol. The number of ether oxygens (including phenoxy) is 1. The Morgan fingerprint density at radius 1 is 1.12 bits per heavy atom. The lowest BCUT2D eigenvalue weighted by Gasteiger charge is -2.15. The Hall–Kier alpha value is -2.66. The van der Waals surface area contributed by atoms with Gasteiger partial charge in [0, 0.05) is 24.6 Å². The number of aliphatic hydroxyl groups is 1. The van der Waals surface area contributed by atoms with Crippen LogP contribution in [0.1, 0.15) is 22.8 Å². The second-order valence-corrected chi connectivity index (χ2v) is 5.92. The number of benzene rings is 2. The Balaban J connectivity index is 1.77. The van der Waals surface area contributed by atoms with Crippen LogP contribution >= 0.6 is 0 Å². The van der Waals surface area contributed by atoms with Crippen LogP contribution in [0.15, 0.2) is 54.6 Å². The first-order valence-electron chi connectivity index (χ1n) is 8.23. The van der Waals surface area contributed by atoms with E-state index in [-0.39, 0.29) is 30.8 Å². The number of carbonyl (C=O) groups is 2. The van der Waals surface area contributed by atoms with Crippen molar-refractivity contribution in [2.75, 3.05) is 19.8 Å². The zero-order chi connectivity index (χ0) is 18.1. The van der Waals surface area contributed by atoms with E-state index in [1.807, 2.05) is 30.3 Å². The third-order valence-corrected chi connectivity index (χ3v) is 3.82. The van der Waals surface area contributed by atoms with Crippen molar-refractivity contribution in [3.63, 3.8) is 0 Å². The standard InChI is InChI=1S/C20H23NO4/c1-15(23)18-8-5-9-19(11-18)25-14-20(24)21-12-17(13-22)10-16-6-3-2-4-7-16/h2-9,11,17,22H,10,12-14H2,1H3,(H,21,24)/t17-/m0/s1. The van der Waals surface area contributed by atoms with Gasteiger partial charge in [0.15, 0.2) is 12.4 Å². The van der Waals surface area contributed by atoms with E-state index in [4.69, 9.17) is 4.74 Å². The Kier molecular flexibility index (Phi) is 7.16. The van der Waals surface area contributed by atoms with Gasteiger partial charge in [-0.05, 0) is 31.0 Å².